The summed E-state index contributed by atoms with van der Waals surface area (Å²) in [7, 11) is 1.64. The number of benzene rings is 1. The average Bonchev–Trinajstić information content (AvgIpc) is 3.44. The number of rotatable bonds is 9. The van der Waals surface area contributed by atoms with Gasteiger partial charge in [-0.2, -0.15) is 0 Å². The molecule has 1 fully saturated rings. The number of hydrogen-bond acceptors (Lipinski definition) is 5. The molecule has 7 nitrogen and oxygen atoms in total. The van der Waals surface area contributed by atoms with Gasteiger partial charge in [-0.3, -0.25) is 9.59 Å². The first kappa shape index (κ1) is 21.9. The summed E-state index contributed by atoms with van der Waals surface area (Å²) in [6, 6.07) is 9.44. The molecule has 2 aromatic rings. The lowest BCUT2D eigenvalue weighted by molar-refractivity contribution is -0.140. The smallest absolute Gasteiger partial charge is 0.273 e. The summed E-state index contributed by atoms with van der Waals surface area (Å²) >= 11 is 0. The van der Waals surface area contributed by atoms with E-state index in [1.807, 2.05) is 45.0 Å². The van der Waals surface area contributed by atoms with E-state index in [9.17, 15) is 9.59 Å². The highest BCUT2D eigenvalue weighted by Gasteiger charge is 2.28. The van der Waals surface area contributed by atoms with Gasteiger partial charge < -0.3 is 19.5 Å². The van der Waals surface area contributed by atoms with Crippen molar-refractivity contribution in [3.63, 3.8) is 0 Å². The van der Waals surface area contributed by atoms with Gasteiger partial charge in [0.15, 0.2) is 11.5 Å². The van der Waals surface area contributed by atoms with Gasteiger partial charge >= 0.3 is 0 Å². The number of aromatic nitrogens is 1. The molecule has 1 aliphatic rings. The Labute approximate surface area is 177 Å². The second kappa shape index (κ2) is 9.32. The van der Waals surface area contributed by atoms with E-state index >= 15 is 0 Å². The molecule has 1 saturated carbocycles. The molecular weight excluding hydrogens is 382 g/mol. The Bertz CT molecular complexity index is 863. The van der Waals surface area contributed by atoms with E-state index in [0.717, 1.165) is 11.3 Å². The summed E-state index contributed by atoms with van der Waals surface area (Å²) in [4.78, 5) is 26.9. The molecule has 2 amide bonds. The standard InChI is InChI=1S/C23H31N3O4/c1-23(2,3)22(28)26(12-11-16-7-9-18(29-4)10-8-16)15-19-13-20(25-30-19)21(27)24-14-17-5-6-17/h7-10,13,17H,5-6,11-12,14-15H2,1-4H3,(H,24,27). The Morgan fingerprint density at radius 2 is 1.93 bits per heavy atom. The molecule has 7 heteroatoms. The lowest BCUT2D eigenvalue weighted by Crippen LogP contribution is -2.40. The van der Waals surface area contributed by atoms with Gasteiger partial charge in [-0.25, -0.2) is 0 Å². The highest BCUT2D eigenvalue weighted by molar-refractivity contribution is 5.92. The Kier molecular flexibility index (Phi) is 6.80. The molecule has 0 radical (unpaired) electrons. The van der Waals surface area contributed by atoms with Crippen molar-refractivity contribution in [3.8, 4) is 5.75 Å². The molecule has 1 N–H and O–H groups in total. The van der Waals surface area contributed by atoms with Crippen LogP contribution in [0.1, 0.15) is 55.4 Å². The second-order valence-corrected chi connectivity index (χ2v) is 8.91. The number of carbonyl (C=O) groups is 2. The predicted octanol–water partition coefficient (Wildman–Crippen LogP) is 3.44. The third kappa shape index (κ3) is 6.08. The van der Waals surface area contributed by atoms with Crippen molar-refractivity contribution in [2.24, 2.45) is 11.3 Å². The molecule has 1 aliphatic carbocycles. The Balaban J connectivity index is 1.64. The van der Waals surface area contributed by atoms with Gasteiger partial charge in [-0.1, -0.05) is 38.1 Å². The number of methoxy groups -OCH3 is 1. The maximum Gasteiger partial charge on any atom is 0.273 e. The summed E-state index contributed by atoms with van der Waals surface area (Å²) in [6.07, 6.45) is 3.04. The van der Waals surface area contributed by atoms with Crippen LogP contribution in [-0.2, 0) is 17.8 Å². The van der Waals surface area contributed by atoms with E-state index in [1.165, 1.54) is 12.8 Å². The van der Waals surface area contributed by atoms with Gasteiger partial charge in [-0.05, 0) is 42.9 Å². The second-order valence-electron chi connectivity index (χ2n) is 8.91. The number of nitrogens with zero attached hydrogens (tertiary/aromatic N) is 2. The number of carbonyl (C=O) groups excluding carboxylic acids is 2. The SMILES string of the molecule is COc1ccc(CCN(Cc2cc(C(=O)NCC3CC3)no2)C(=O)C(C)(C)C)cc1. The molecule has 1 heterocycles. The van der Waals surface area contributed by atoms with Gasteiger partial charge in [0.2, 0.25) is 5.91 Å². The minimum absolute atomic E-state index is 0.0205. The summed E-state index contributed by atoms with van der Waals surface area (Å²) in [5.41, 5.74) is 0.842. The maximum atomic E-state index is 13.0. The number of amides is 2. The summed E-state index contributed by atoms with van der Waals surface area (Å²) < 4.78 is 10.6. The molecule has 0 aliphatic heterocycles. The van der Waals surface area contributed by atoms with Crippen LogP contribution in [0.4, 0.5) is 0 Å². The van der Waals surface area contributed by atoms with Gasteiger partial charge in [0.1, 0.15) is 5.75 Å². The van der Waals surface area contributed by atoms with Crippen LogP contribution in [0, 0.1) is 11.3 Å². The van der Waals surface area contributed by atoms with Crippen LogP contribution >= 0.6 is 0 Å². The Morgan fingerprint density at radius 1 is 1.23 bits per heavy atom. The molecule has 30 heavy (non-hydrogen) atoms. The molecular formula is C23H31N3O4. The van der Waals surface area contributed by atoms with Crippen molar-refractivity contribution < 1.29 is 18.8 Å². The van der Waals surface area contributed by atoms with Crippen LogP contribution in [-0.4, -0.2) is 42.1 Å². The van der Waals surface area contributed by atoms with Crippen molar-refractivity contribution in [1.82, 2.24) is 15.4 Å². The van der Waals surface area contributed by atoms with E-state index in [2.05, 4.69) is 10.5 Å². The zero-order valence-corrected chi connectivity index (χ0v) is 18.2. The van der Waals surface area contributed by atoms with Gasteiger partial charge in [0, 0.05) is 24.6 Å². The predicted molar refractivity (Wildman–Crippen MR) is 113 cm³/mol. The third-order valence-electron chi connectivity index (χ3n) is 5.14. The zero-order chi connectivity index (χ0) is 21.7. The van der Waals surface area contributed by atoms with Crippen LogP contribution in [0.2, 0.25) is 0 Å². The minimum atomic E-state index is -0.523. The molecule has 0 bridgehead atoms. The normalized spacial score (nSPS) is 13.7. The fourth-order valence-corrected chi connectivity index (χ4v) is 3.12. The highest BCUT2D eigenvalue weighted by atomic mass is 16.5. The van der Waals surface area contributed by atoms with Crippen LogP contribution < -0.4 is 10.1 Å². The lowest BCUT2D eigenvalue weighted by atomic mass is 9.94. The van der Waals surface area contributed by atoms with Gasteiger partial charge in [-0.15, -0.1) is 0 Å². The van der Waals surface area contributed by atoms with E-state index in [0.29, 0.717) is 31.2 Å². The molecule has 0 saturated heterocycles. The Hall–Kier alpha value is -2.83. The van der Waals surface area contributed by atoms with E-state index in [-0.39, 0.29) is 24.1 Å². The van der Waals surface area contributed by atoms with E-state index < -0.39 is 5.41 Å². The average molecular weight is 414 g/mol. The summed E-state index contributed by atoms with van der Waals surface area (Å²) in [6.45, 7) is 7.17. The van der Waals surface area contributed by atoms with Crippen LogP contribution in [0.25, 0.3) is 0 Å². The van der Waals surface area contributed by atoms with Crippen molar-refractivity contribution in [2.45, 2.75) is 46.6 Å². The van der Waals surface area contributed by atoms with E-state index in [4.69, 9.17) is 9.26 Å². The summed E-state index contributed by atoms with van der Waals surface area (Å²) in [5, 5.41) is 6.77. The van der Waals surface area contributed by atoms with Crippen molar-refractivity contribution >= 4 is 11.8 Å². The lowest BCUT2D eigenvalue weighted by Gasteiger charge is -2.28. The van der Waals surface area contributed by atoms with E-state index in [1.54, 1.807) is 18.1 Å². The van der Waals surface area contributed by atoms with Crippen LogP contribution in [0.5, 0.6) is 5.75 Å². The largest absolute Gasteiger partial charge is 0.497 e. The molecule has 0 spiro atoms. The zero-order valence-electron chi connectivity index (χ0n) is 18.2. The molecule has 3 rings (SSSR count). The first-order valence-corrected chi connectivity index (χ1v) is 10.4. The van der Waals surface area contributed by atoms with Crippen molar-refractivity contribution in [1.29, 1.82) is 0 Å². The summed E-state index contributed by atoms with van der Waals surface area (Å²) in [5.74, 6) is 1.68. The van der Waals surface area contributed by atoms with Crippen LogP contribution in [0.3, 0.4) is 0 Å². The van der Waals surface area contributed by atoms with Crippen LogP contribution in [0.15, 0.2) is 34.9 Å². The molecule has 0 unspecified atom stereocenters. The van der Waals surface area contributed by atoms with Crippen molar-refractivity contribution in [3.05, 3.63) is 47.3 Å². The topological polar surface area (TPSA) is 84.7 Å². The number of hydrogen-bond donors (Lipinski definition) is 1. The highest BCUT2D eigenvalue weighted by Crippen LogP contribution is 2.27. The fraction of sp³-hybridized carbons (Fsp3) is 0.522. The first-order chi connectivity index (χ1) is 14.3. The monoisotopic (exact) mass is 413 g/mol. The third-order valence-corrected chi connectivity index (χ3v) is 5.14. The molecule has 1 aromatic heterocycles. The maximum absolute atomic E-state index is 13.0. The van der Waals surface area contributed by atoms with Gasteiger partial charge in [0.25, 0.3) is 5.91 Å². The minimum Gasteiger partial charge on any atom is -0.497 e. The van der Waals surface area contributed by atoms with Gasteiger partial charge in [0.05, 0.1) is 13.7 Å². The van der Waals surface area contributed by atoms with Crippen molar-refractivity contribution in [2.75, 3.05) is 20.2 Å². The molecule has 1 aromatic carbocycles. The number of ether oxygens (including phenoxy) is 1. The number of nitrogens with one attached hydrogen (secondary N) is 1. The first-order valence-electron chi connectivity index (χ1n) is 10.4. The fourth-order valence-electron chi connectivity index (χ4n) is 3.12. The molecule has 0 atom stereocenters. The Morgan fingerprint density at radius 3 is 2.53 bits per heavy atom. The quantitative estimate of drug-likeness (QED) is 0.681. The molecule has 162 valence electrons.